The van der Waals surface area contributed by atoms with E-state index < -0.39 is 5.97 Å². The number of hydrogen-bond acceptors (Lipinski definition) is 7. The number of benzene rings is 1. The van der Waals surface area contributed by atoms with Crippen LogP contribution in [0, 0.1) is 0 Å². The number of ether oxygens (including phenoxy) is 2. The Morgan fingerprint density at radius 3 is 2.96 bits per heavy atom. The number of methoxy groups -OCH3 is 1. The molecule has 0 radical (unpaired) electrons. The lowest BCUT2D eigenvalue weighted by Crippen LogP contribution is -2.06. The number of fused-ring (bicyclic) bond motifs is 2. The van der Waals surface area contributed by atoms with Gasteiger partial charge in [0, 0.05) is 17.0 Å². The molecular weight excluding hydrogens is 346 g/mol. The lowest BCUT2D eigenvalue weighted by molar-refractivity contribution is 0.0494. The molecule has 4 rings (SSSR count). The smallest absolute Gasteiger partial charge is 0.376 e. The van der Waals surface area contributed by atoms with Crippen molar-refractivity contribution in [2.75, 3.05) is 19.0 Å². The number of esters is 1. The summed E-state index contributed by atoms with van der Waals surface area (Å²) in [6.45, 7) is 2.00. The standard InChI is InChI=1S/C20H17N3O4/c1-3-26-20(24)19-18(14-7-8-21-11-16(14)27-19)23-13-9-12-5-4-6-15(25-2)17(12)22-10-13/h4-11,23H,3H2,1-2H3. The van der Waals surface area contributed by atoms with Crippen LogP contribution >= 0.6 is 0 Å². The van der Waals surface area contributed by atoms with Crippen LogP contribution in [0.5, 0.6) is 5.75 Å². The molecular formula is C20H17N3O4. The van der Waals surface area contributed by atoms with Gasteiger partial charge in [0.2, 0.25) is 5.76 Å². The highest BCUT2D eigenvalue weighted by atomic mass is 16.5. The van der Waals surface area contributed by atoms with Crippen LogP contribution in [0.25, 0.3) is 21.9 Å². The fourth-order valence-corrected chi connectivity index (χ4v) is 2.93. The first kappa shape index (κ1) is 16.8. The summed E-state index contributed by atoms with van der Waals surface area (Å²) in [7, 11) is 1.61. The molecule has 0 amide bonds. The van der Waals surface area contributed by atoms with Gasteiger partial charge in [-0.3, -0.25) is 9.97 Å². The normalized spacial score (nSPS) is 10.9. The lowest BCUT2D eigenvalue weighted by atomic mass is 10.2. The Labute approximate surface area is 154 Å². The Bertz CT molecular complexity index is 1140. The van der Waals surface area contributed by atoms with E-state index in [1.807, 2.05) is 24.3 Å². The molecule has 0 atom stereocenters. The number of nitrogens with one attached hydrogen (secondary N) is 1. The highest BCUT2D eigenvalue weighted by Gasteiger charge is 2.22. The largest absolute Gasteiger partial charge is 0.494 e. The second kappa shape index (κ2) is 6.95. The van der Waals surface area contributed by atoms with Crippen molar-refractivity contribution in [3.8, 4) is 5.75 Å². The van der Waals surface area contributed by atoms with Crippen LogP contribution in [-0.2, 0) is 4.74 Å². The summed E-state index contributed by atoms with van der Waals surface area (Å²) in [6.07, 6.45) is 4.88. The highest BCUT2D eigenvalue weighted by molar-refractivity contribution is 6.05. The quantitative estimate of drug-likeness (QED) is 0.529. The van der Waals surface area contributed by atoms with E-state index in [2.05, 4.69) is 15.3 Å². The average Bonchev–Trinajstić information content (AvgIpc) is 3.06. The van der Waals surface area contributed by atoms with Crippen molar-refractivity contribution in [1.82, 2.24) is 9.97 Å². The Balaban J connectivity index is 1.80. The first-order valence-electron chi connectivity index (χ1n) is 8.44. The predicted molar refractivity (Wildman–Crippen MR) is 102 cm³/mol. The molecule has 0 saturated carbocycles. The molecule has 136 valence electrons. The van der Waals surface area contributed by atoms with Gasteiger partial charge in [0.05, 0.1) is 31.8 Å². The molecule has 1 N–H and O–H groups in total. The fourth-order valence-electron chi connectivity index (χ4n) is 2.93. The minimum absolute atomic E-state index is 0.102. The van der Waals surface area contributed by atoms with Crippen LogP contribution in [0.15, 0.2) is 53.3 Å². The molecule has 1 aromatic carbocycles. The van der Waals surface area contributed by atoms with Gasteiger partial charge in [0.1, 0.15) is 17.0 Å². The molecule has 3 aromatic heterocycles. The number of carbonyl (C=O) groups is 1. The third kappa shape index (κ3) is 3.03. The van der Waals surface area contributed by atoms with Gasteiger partial charge in [-0.2, -0.15) is 0 Å². The van der Waals surface area contributed by atoms with Gasteiger partial charge in [-0.25, -0.2) is 4.79 Å². The second-order valence-electron chi connectivity index (χ2n) is 5.78. The molecule has 7 nitrogen and oxygen atoms in total. The van der Waals surface area contributed by atoms with E-state index >= 15 is 0 Å². The number of pyridine rings is 2. The summed E-state index contributed by atoms with van der Waals surface area (Å²) in [6, 6.07) is 9.41. The summed E-state index contributed by atoms with van der Waals surface area (Å²) >= 11 is 0. The number of hydrogen-bond donors (Lipinski definition) is 1. The molecule has 0 spiro atoms. The molecule has 0 aliphatic carbocycles. The van der Waals surface area contributed by atoms with Crippen molar-refractivity contribution in [1.29, 1.82) is 0 Å². The predicted octanol–water partition coefficient (Wildman–Crippen LogP) is 4.30. The van der Waals surface area contributed by atoms with Gasteiger partial charge in [-0.15, -0.1) is 0 Å². The minimum Gasteiger partial charge on any atom is -0.494 e. The zero-order valence-corrected chi connectivity index (χ0v) is 14.9. The molecule has 0 aliphatic heterocycles. The molecule has 0 saturated heterocycles. The molecule has 0 bridgehead atoms. The summed E-state index contributed by atoms with van der Waals surface area (Å²) in [5, 5.41) is 4.88. The van der Waals surface area contributed by atoms with Gasteiger partial charge in [-0.05, 0) is 25.1 Å². The van der Waals surface area contributed by atoms with Gasteiger partial charge >= 0.3 is 5.97 Å². The molecule has 4 aromatic rings. The van der Waals surface area contributed by atoms with E-state index in [4.69, 9.17) is 13.9 Å². The van der Waals surface area contributed by atoms with Crippen molar-refractivity contribution in [2.24, 2.45) is 0 Å². The maximum atomic E-state index is 12.3. The van der Waals surface area contributed by atoms with Gasteiger partial charge in [-0.1, -0.05) is 12.1 Å². The minimum atomic E-state index is -0.536. The number of carbonyl (C=O) groups excluding carboxylic acids is 1. The third-order valence-electron chi connectivity index (χ3n) is 4.12. The van der Waals surface area contributed by atoms with Crippen molar-refractivity contribution in [3.05, 3.63) is 54.7 Å². The summed E-state index contributed by atoms with van der Waals surface area (Å²) < 4.78 is 16.1. The summed E-state index contributed by atoms with van der Waals surface area (Å²) in [4.78, 5) is 20.8. The number of nitrogens with zero attached hydrogens (tertiary/aromatic N) is 2. The summed E-state index contributed by atoms with van der Waals surface area (Å²) in [5.41, 5.74) is 2.49. The Hall–Kier alpha value is -3.61. The first-order valence-corrected chi connectivity index (χ1v) is 8.44. The first-order chi connectivity index (χ1) is 13.2. The van der Waals surface area contributed by atoms with E-state index in [0.29, 0.717) is 22.7 Å². The van der Waals surface area contributed by atoms with Crippen LogP contribution in [0.3, 0.4) is 0 Å². The van der Waals surface area contributed by atoms with Gasteiger partial charge in [0.25, 0.3) is 0 Å². The van der Waals surface area contributed by atoms with E-state index in [9.17, 15) is 4.79 Å². The zero-order chi connectivity index (χ0) is 18.8. The Kier molecular flexibility index (Phi) is 4.33. The number of anilines is 2. The van der Waals surface area contributed by atoms with Crippen molar-refractivity contribution in [3.63, 3.8) is 0 Å². The van der Waals surface area contributed by atoms with Crippen LogP contribution in [-0.4, -0.2) is 29.7 Å². The topological polar surface area (TPSA) is 86.5 Å². The van der Waals surface area contributed by atoms with E-state index in [1.165, 1.54) is 0 Å². The van der Waals surface area contributed by atoms with Crippen LogP contribution < -0.4 is 10.1 Å². The van der Waals surface area contributed by atoms with Crippen LogP contribution in [0.2, 0.25) is 0 Å². The third-order valence-corrected chi connectivity index (χ3v) is 4.12. The van der Waals surface area contributed by atoms with E-state index in [1.54, 1.807) is 38.7 Å². The van der Waals surface area contributed by atoms with Crippen molar-refractivity contribution >= 4 is 39.2 Å². The molecule has 0 aliphatic rings. The van der Waals surface area contributed by atoms with Gasteiger partial charge < -0.3 is 19.2 Å². The fraction of sp³-hybridized carbons (Fsp3) is 0.150. The molecule has 27 heavy (non-hydrogen) atoms. The molecule has 0 fully saturated rings. The Morgan fingerprint density at radius 2 is 2.15 bits per heavy atom. The maximum Gasteiger partial charge on any atom is 0.376 e. The number of furan rings is 1. The van der Waals surface area contributed by atoms with Crippen LogP contribution in [0.4, 0.5) is 11.4 Å². The highest BCUT2D eigenvalue weighted by Crippen LogP contribution is 2.34. The monoisotopic (exact) mass is 363 g/mol. The van der Waals surface area contributed by atoms with Crippen LogP contribution in [0.1, 0.15) is 17.5 Å². The van der Waals surface area contributed by atoms with E-state index in [0.717, 1.165) is 16.3 Å². The molecule has 3 heterocycles. The van der Waals surface area contributed by atoms with Gasteiger partial charge in [0.15, 0.2) is 5.58 Å². The molecule has 0 unspecified atom stereocenters. The second-order valence-corrected chi connectivity index (χ2v) is 5.78. The lowest BCUT2D eigenvalue weighted by Gasteiger charge is -2.09. The number of para-hydroxylation sites is 1. The Morgan fingerprint density at radius 1 is 1.26 bits per heavy atom. The number of rotatable bonds is 5. The average molecular weight is 363 g/mol. The number of aromatic nitrogens is 2. The van der Waals surface area contributed by atoms with E-state index in [-0.39, 0.29) is 12.4 Å². The molecule has 7 heteroatoms. The summed E-state index contributed by atoms with van der Waals surface area (Å²) in [5.74, 6) is 0.267. The zero-order valence-electron chi connectivity index (χ0n) is 14.9. The van der Waals surface area contributed by atoms with Crippen molar-refractivity contribution in [2.45, 2.75) is 6.92 Å². The maximum absolute atomic E-state index is 12.3. The SMILES string of the molecule is CCOC(=O)c1oc2cnccc2c1Nc1cnc2c(OC)cccc2c1. The van der Waals surface area contributed by atoms with Crippen molar-refractivity contribution < 1.29 is 18.7 Å².